The number of aryl methyl sites for hydroxylation is 2. The van der Waals surface area contributed by atoms with Crippen molar-refractivity contribution in [3.8, 4) is 5.75 Å². The van der Waals surface area contributed by atoms with E-state index in [4.69, 9.17) is 4.74 Å². The summed E-state index contributed by atoms with van der Waals surface area (Å²) in [7, 11) is 1.70. The summed E-state index contributed by atoms with van der Waals surface area (Å²) in [6, 6.07) is 3.97. The molecule has 2 aromatic rings. The van der Waals surface area contributed by atoms with Crippen LogP contribution in [0.4, 0.5) is 0 Å². The van der Waals surface area contributed by atoms with Crippen LogP contribution >= 0.6 is 11.5 Å². The number of hydrogen-bond donors (Lipinski definition) is 0. The van der Waals surface area contributed by atoms with Gasteiger partial charge in [-0.25, -0.2) is 0 Å². The van der Waals surface area contributed by atoms with Gasteiger partial charge in [-0.3, -0.25) is 0 Å². The van der Waals surface area contributed by atoms with Crippen molar-refractivity contribution in [3.63, 3.8) is 0 Å². The number of rotatable bonds is 1. The topological polar surface area (TPSA) is 22.1 Å². The van der Waals surface area contributed by atoms with Crippen molar-refractivity contribution < 1.29 is 4.74 Å². The first-order valence-corrected chi connectivity index (χ1v) is 4.91. The third-order valence-electron chi connectivity index (χ3n) is 2.25. The van der Waals surface area contributed by atoms with Gasteiger partial charge in [-0.1, -0.05) is 0 Å². The third kappa shape index (κ3) is 1.20. The van der Waals surface area contributed by atoms with Crippen LogP contribution in [0, 0.1) is 13.8 Å². The maximum Gasteiger partial charge on any atom is 0.122 e. The number of ether oxygens (including phenoxy) is 1. The molecule has 3 heteroatoms. The second-order valence-electron chi connectivity index (χ2n) is 3.03. The minimum absolute atomic E-state index is 0.941. The molecule has 2 nitrogen and oxygen atoms in total. The number of aromatic nitrogens is 1. The molecule has 0 N–H and O–H groups in total. The van der Waals surface area contributed by atoms with Gasteiger partial charge in [-0.05, 0) is 37.5 Å². The molecule has 0 aliphatic heterocycles. The minimum Gasteiger partial charge on any atom is -0.496 e. The molecule has 0 saturated carbocycles. The second-order valence-corrected chi connectivity index (χ2v) is 4.00. The quantitative estimate of drug-likeness (QED) is 0.694. The predicted molar refractivity (Wildman–Crippen MR) is 55.6 cm³/mol. The normalized spacial score (nSPS) is 10.7. The molecule has 0 radical (unpaired) electrons. The summed E-state index contributed by atoms with van der Waals surface area (Å²) in [5.41, 5.74) is 2.26. The molecule has 0 spiro atoms. The van der Waals surface area contributed by atoms with Crippen LogP contribution in [-0.4, -0.2) is 11.5 Å². The fourth-order valence-electron chi connectivity index (χ4n) is 1.58. The van der Waals surface area contributed by atoms with Gasteiger partial charge in [0.25, 0.3) is 0 Å². The maximum atomic E-state index is 5.25. The van der Waals surface area contributed by atoms with Crippen LogP contribution in [0.5, 0.6) is 5.75 Å². The van der Waals surface area contributed by atoms with Gasteiger partial charge in [0.2, 0.25) is 0 Å². The van der Waals surface area contributed by atoms with Crippen LogP contribution in [0.3, 0.4) is 0 Å². The zero-order chi connectivity index (χ0) is 9.42. The summed E-state index contributed by atoms with van der Waals surface area (Å²) < 4.78 is 9.59. The lowest BCUT2D eigenvalue weighted by atomic mass is 10.1. The van der Waals surface area contributed by atoms with Crippen molar-refractivity contribution in [1.29, 1.82) is 0 Å². The Labute approximate surface area is 81.3 Å². The Morgan fingerprint density at radius 2 is 2.08 bits per heavy atom. The molecule has 0 unspecified atom stereocenters. The molecule has 68 valence electrons. The highest BCUT2D eigenvalue weighted by atomic mass is 32.1. The number of methoxy groups -OCH3 is 1. The lowest BCUT2D eigenvalue weighted by molar-refractivity contribution is 0.412. The SMILES string of the molecule is COc1ccc2nsc(C)c2c1C. The summed E-state index contributed by atoms with van der Waals surface area (Å²) in [6.45, 7) is 4.16. The Morgan fingerprint density at radius 3 is 2.77 bits per heavy atom. The zero-order valence-corrected chi connectivity index (χ0v) is 8.73. The fraction of sp³-hybridized carbons (Fsp3) is 0.300. The van der Waals surface area contributed by atoms with Crippen molar-refractivity contribution >= 4 is 22.4 Å². The van der Waals surface area contributed by atoms with E-state index in [9.17, 15) is 0 Å². The van der Waals surface area contributed by atoms with Gasteiger partial charge in [0.1, 0.15) is 5.75 Å². The first-order valence-electron chi connectivity index (χ1n) is 4.13. The van der Waals surface area contributed by atoms with Crippen molar-refractivity contribution in [1.82, 2.24) is 4.37 Å². The van der Waals surface area contributed by atoms with E-state index >= 15 is 0 Å². The summed E-state index contributed by atoms with van der Waals surface area (Å²) in [5.74, 6) is 0.941. The van der Waals surface area contributed by atoms with Gasteiger partial charge < -0.3 is 4.74 Å². The third-order valence-corrected chi connectivity index (χ3v) is 3.01. The molecule has 0 fully saturated rings. The molecular weight excluding hydrogens is 182 g/mol. The second kappa shape index (κ2) is 3.00. The smallest absolute Gasteiger partial charge is 0.122 e. The van der Waals surface area contributed by atoms with Gasteiger partial charge in [-0.2, -0.15) is 4.37 Å². The molecule has 0 aliphatic carbocycles. The number of fused-ring (bicyclic) bond motifs is 1. The molecule has 2 rings (SSSR count). The van der Waals surface area contributed by atoms with Crippen molar-refractivity contribution in [2.75, 3.05) is 7.11 Å². The van der Waals surface area contributed by atoms with Crippen LogP contribution in [0.15, 0.2) is 12.1 Å². The van der Waals surface area contributed by atoms with E-state index in [1.54, 1.807) is 18.6 Å². The molecule has 0 amide bonds. The fourth-order valence-corrected chi connectivity index (χ4v) is 2.32. The highest BCUT2D eigenvalue weighted by Crippen LogP contribution is 2.30. The standard InChI is InChI=1S/C10H11NOS/c1-6-9(12-3)5-4-8-10(6)7(2)13-11-8/h4-5H,1-3H3. The van der Waals surface area contributed by atoms with Gasteiger partial charge in [0.05, 0.1) is 12.6 Å². The molecule has 0 bridgehead atoms. The van der Waals surface area contributed by atoms with Crippen molar-refractivity contribution in [2.24, 2.45) is 0 Å². The molecular formula is C10H11NOS. The van der Waals surface area contributed by atoms with Crippen LogP contribution in [-0.2, 0) is 0 Å². The van der Waals surface area contributed by atoms with Gasteiger partial charge in [-0.15, -0.1) is 0 Å². The van der Waals surface area contributed by atoms with E-state index in [-0.39, 0.29) is 0 Å². The van der Waals surface area contributed by atoms with E-state index < -0.39 is 0 Å². The minimum atomic E-state index is 0.941. The van der Waals surface area contributed by atoms with Crippen LogP contribution < -0.4 is 4.74 Å². The Hall–Kier alpha value is -1.09. The summed E-state index contributed by atoms with van der Waals surface area (Å²) in [6.07, 6.45) is 0. The van der Waals surface area contributed by atoms with E-state index in [2.05, 4.69) is 18.2 Å². The number of hydrogen-bond acceptors (Lipinski definition) is 3. The van der Waals surface area contributed by atoms with Crippen LogP contribution in [0.2, 0.25) is 0 Å². The summed E-state index contributed by atoms with van der Waals surface area (Å²) >= 11 is 1.55. The van der Waals surface area contributed by atoms with Gasteiger partial charge in [0, 0.05) is 15.8 Å². The summed E-state index contributed by atoms with van der Waals surface area (Å²) in [5, 5.41) is 1.24. The molecule has 1 heterocycles. The van der Waals surface area contributed by atoms with Gasteiger partial charge >= 0.3 is 0 Å². The van der Waals surface area contributed by atoms with Crippen molar-refractivity contribution in [3.05, 3.63) is 22.6 Å². The summed E-state index contributed by atoms with van der Waals surface area (Å²) in [4.78, 5) is 1.26. The number of benzene rings is 1. The molecule has 0 atom stereocenters. The molecule has 1 aromatic heterocycles. The molecule has 13 heavy (non-hydrogen) atoms. The highest BCUT2D eigenvalue weighted by molar-refractivity contribution is 7.07. The first kappa shape index (κ1) is 8.51. The highest BCUT2D eigenvalue weighted by Gasteiger charge is 2.08. The Balaban J connectivity index is 2.83. The largest absolute Gasteiger partial charge is 0.496 e. The van der Waals surface area contributed by atoms with E-state index in [0.717, 1.165) is 11.3 Å². The van der Waals surface area contributed by atoms with E-state index in [1.807, 2.05) is 12.1 Å². The Bertz CT molecular complexity index is 447. The maximum absolute atomic E-state index is 5.25. The monoisotopic (exact) mass is 193 g/mol. The Kier molecular flexibility index (Phi) is 1.96. The van der Waals surface area contributed by atoms with Crippen LogP contribution in [0.25, 0.3) is 10.9 Å². The van der Waals surface area contributed by atoms with E-state index in [1.165, 1.54) is 15.8 Å². The lowest BCUT2D eigenvalue weighted by Crippen LogP contribution is -1.87. The van der Waals surface area contributed by atoms with E-state index in [0.29, 0.717) is 0 Å². The van der Waals surface area contributed by atoms with Gasteiger partial charge in [0.15, 0.2) is 0 Å². The average Bonchev–Trinajstić information content (AvgIpc) is 2.49. The number of nitrogens with zero attached hydrogens (tertiary/aromatic N) is 1. The molecule has 0 aliphatic rings. The Morgan fingerprint density at radius 1 is 1.31 bits per heavy atom. The lowest BCUT2D eigenvalue weighted by Gasteiger charge is -2.04. The van der Waals surface area contributed by atoms with Crippen molar-refractivity contribution in [2.45, 2.75) is 13.8 Å². The average molecular weight is 193 g/mol. The molecule has 0 saturated heterocycles. The first-order chi connectivity index (χ1) is 6.24. The van der Waals surface area contributed by atoms with Crippen LogP contribution in [0.1, 0.15) is 10.4 Å². The predicted octanol–water partition coefficient (Wildman–Crippen LogP) is 2.92. The zero-order valence-electron chi connectivity index (χ0n) is 7.92. The molecule has 1 aromatic carbocycles.